The molecule has 0 saturated carbocycles. The number of pyridine rings is 1. The van der Waals surface area contributed by atoms with Crippen LogP contribution in [0.4, 0.5) is 0 Å². The number of hydrogen-bond acceptors (Lipinski definition) is 0. The minimum absolute atomic E-state index is 1.03. The molecule has 11 heavy (non-hydrogen) atoms. The van der Waals surface area contributed by atoms with Gasteiger partial charge in [-0.15, -0.1) is 0 Å². The highest BCUT2D eigenvalue weighted by Crippen LogP contribution is 1.99. The van der Waals surface area contributed by atoms with Crippen LogP contribution in [0.1, 0.15) is 18.2 Å². The van der Waals surface area contributed by atoms with Crippen molar-refractivity contribution in [1.29, 1.82) is 0 Å². The predicted molar refractivity (Wildman–Crippen MR) is 47.1 cm³/mol. The summed E-state index contributed by atoms with van der Waals surface area (Å²) in [6, 6.07) is 4.21. The molecule has 0 aliphatic carbocycles. The highest BCUT2D eigenvalue weighted by Gasteiger charge is 2.01. The van der Waals surface area contributed by atoms with Crippen LogP contribution in [0.15, 0.2) is 24.9 Å². The number of hydrogen-bond donors (Lipinski definition) is 0. The van der Waals surface area contributed by atoms with Crippen LogP contribution in [0.2, 0.25) is 0 Å². The molecule has 1 aromatic heterocycles. The van der Waals surface area contributed by atoms with E-state index < -0.39 is 0 Å². The monoisotopic (exact) mass is 148 g/mol. The third-order valence-corrected chi connectivity index (χ3v) is 1.85. The van der Waals surface area contributed by atoms with E-state index >= 15 is 0 Å². The normalized spacial score (nSPS) is 9.64. The molecule has 0 unspecified atom stereocenters. The first-order valence-electron chi connectivity index (χ1n) is 3.90. The molecule has 0 spiro atoms. The van der Waals surface area contributed by atoms with Gasteiger partial charge in [0.05, 0.1) is 0 Å². The van der Waals surface area contributed by atoms with Crippen LogP contribution < -0.4 is 4.57 Å². The van der Waals surface area contributed by atoms with E-state index in [9.17, 15) is 0 Å². The minimum atomic E-state index is 1.03. The zero-order chi connectivity index (χ0) is 8.27. The molecule has 1 heterocycles. The number of nitrogens with zero attached hydrogens (tertiary/aromatic N) is 1. The summed E-state index contributed by atoms with van der Waals surface area (Å²) in [4.78, 5) is 0. The van der Waals surface area contributed by atoms with Crippen molar-refractivity contribution in [3.05, 3.63) is 36.2 Å². The summed E-state index contributed by atoms with van der Waals surface area (Å²) < 4.78 is 2.20. The number of aromatic nitrogens is 1. The molecular formula is C10H14N+. The Morgan fingerprint density at radius 1 is 1.64 bits per heavy atom. The quantitative estimate of drug-likeness (QED) is 0.564. The number of aryl methyl sites for hydroxylation is 2. The van der Waals surface area contributed by atoms with Crippen LogP contribution in [-0.4, -0.2) is 0 Å². The second-order valence-electron chi connectivity index (χ2n) is 2.59. The van der Waals surface area contributed by atoms with E-state index in [4.69, 9.17) is 0 Å². The van der Waals surface area contributed by atoms with Gasteiger partial charge < -0.3 is 0 Å². The van der Waals surface area contributed by atoms with Gasteiger partial charge in [-0.1, -0.05) is 12.7 Å². The molecule has 0 fully saturated rings. The molecule has 0 saturated heterocycles. The van der Waals surface area contributed by atoms with Gasteiger partial charge in [-0.05, 0) is 12.5 Å². The van der Waals surface area contributed by atoms with E-state index in [1.165, 1.54) is 11.3 Å². The topological polar surface area (TPSA) is 3.88 Å². The van der Waals surface area contributed by atoms with E-state index in [0.717, 1.165) is 6.54 Å². The Labute approximate surface area is 68.0 Å². The first kappa shape index (κ1) is 7.99. The molecule has 1 nitrogen and oxygen atoms in total. The van der Waals surface area contributed by atoms with Crippen molar-refractivity contribution < 1.29 is 4.57 Å². The maximum absolute atomic E-state index is 3.72. The average Bonchev–Trinajstić information content (AvgIpc) is 2.04. The molecule has 0 aromatic carbocycles. The lowest BCUT2D eigenvalue weighted by atomic mass is 10.2. The summed E-state index contributed by atoms with van der Waals surface area (Å²) in [6.45, 7) is 9.00. The lowest BCUT2D eigenvalue weighted by Gasteiger charge is -1.96. The minimum Gasteiger partial charge on any atom is -0.203 e. The molecule has 0 aliphatic rings. The first-order valence-corrected chi connectivity index (χ1v) is 3.90. The fourth-order valence-electron chi connectivity index (χ4n) is 1.15. The lowest BCUT2D eigenvalue weighted by Crippen LogP contribution is -2.35. The Morgan fingerprint density at radius 3 is 2.82 bits per heavy atom. The summed E-state index contributed by atoms with van der Waals surface area (Å²) >= 11 is 0. The second-order valence-corrected chi connectivity index (χ2v) is 2.59. The molecule has 0 bridgehead atoms. The van der Waals surface area contributed by atoms with Crippen molar-refractivity contribution in [2.24, 2.45) is 0 Å². The Balaban J connectivity index is 3.09. The van der Waals surface area contributed by atoms with Crippen molar-refractivity contribution in [2.45, 2.75) is 20.4 Å². The van der Waals surface area contributed by atoms with E-state index in [1.54, 1.807) is 0 Å². The van der Waals surface area contributed by atoms with Crippen molar-refractivity contribution in [1.82, 2.24) is 0 Å². The van der Waals surface area contributed by atoms with E-state index in [2.05, 4.69) is 43.3 Å². The van der Waals surface area contributed by atoms with E-state index in [-0.39, 0.29) is 0 Å². The summed E-state index contributed by atoms with van der Waals surface area (Å²) in [6.07, 6.45) is 3.96. The fraction of sp³-hybridized carbons (Fsp3) is 0.300. The van der Waals surface area contributed by atoms with Gasteiger partial charge in [0.25, 0.3) is 0 Å². The van der Waals surface area contributed by atoms with Gasteiger partial charge in [-0.2, -0.15) is 0 Å². The maximum Gasteiger partial charge on any atom is 0.178 e. The molecule has 0 atom stereocenters. The van der Waals surface area contributed by atoms with Crippen molar-refractivity contribution in [3.63, 3.8) is 0 Å². The third-order valence-electron chi connectivity index (χ3n) is 1.85. The SMILES string of the molecule is C=Cc1cc[n+](CC)c(C)c1. The Bertz CT molecular complexity index is 264. The molecule has 0 amide bonds. The Hall–Kier alpha value is -1.11. The molecule has 0 aliphatic heterocycles. The van der Waals surface area contributed by atoms with Crippen molar-refractivity contribution in [2.75, 3.05) is 0 Å². The molecule has 58 valence electrons. The Morgan fingerprint density at radius 2 is 2.36 bits per heavy atom. The van der Waals surface area contributed by atoms with Gasteiger partial charge in [0, 0.05) is 19.1 Å². The molecule has 1 aromatic rings. The fourth-order valence-corrected chi connectivity index (χ4v) is 1.15. The highest BCUT2D eigenvalue weighted by molar-refractivity contribution is 5.45. The largest absolute Gasteiger partial charge is 0.203 e. The van der Waals surface area contributed by atoms with Gasteiger partial charge in [0.15, 0.2) is 11.9 Å². The zero-order valence-corrected chi connectivity index (χ0v) is 7.17. The summed E-state index contributed by atoms with van der Waals surface area (Å²) in [5, 5.41) is 0. The van der Waals surface area contributed by atoms with Gasteiger partial charge in [-0.25, -0.2) is 4.57 Å². The van der Waals surface area contributed by atoms with Crippen LogP contribution in [0.25, 0.3) is 6.08 Å². The van der Waals surface area contributed by atoms with Crippen LogP contribution in [0.5, 0.6) is 0 Å². The summed E-state index contributed by atoms with van der Waals surface area (Å²) in [7, 11) is 0. The molecule has 1 rings (SSSR count). The van der Waals surface area contributed by atoms with E-state index in [1.807, 2.05) is 6.08 Å². The van der Waals surface area contributed by atoms with Crippen molar-refractivity contribution in [3.8, 4) is 0 Å². The second kappa shape index (κ2) is 3.33. The van der Waals surface area contributed by atoms with Crippen LogP contribution in [0, 0.1) is 6.92 Å². The first-order chi connectivity index (χ1) is 5.27. The lowest BCUT2D eigenvalue weighted by molar-refractivity contribution is -0.699. The van der Waals surface area contributed by atoms with Gasteiger partial charge in [0.2, 0.25) is 0 Å². The van der Waals surface area contributed by atoms with Gasteiger partial charge >= 0.3 is 0 Å². The Kier molecular flexibility index (Phi) is 2.42. The van der Waals surface area contributed by atoms with E-state index in [0.29, 0.717) is 0 Å². The van der Waals surface area contributed by atoms with Crippen LogP contribution in [0.3, 0.4) is 0 Å². The number of rotatable bonds is 2. The van der Waals surface area contributed by atoms with Crippen LogP contribution >= 0.6 is 0 Å². The smallest absolute Gasteiger partial charge is 0.178 e. The van der Waals surface area contributed by atoms with Crippen molar-refractivity contribution >= 4 is 6.08 Å². The maximum atomic E-state index is 3.72. The highest BCUT2D eigenvalue weighted by atomic mass is 14.9. The average molecular weight is 148 g/mol. The molecule has 0 radical (unpaired) electrons. The molecule has 0 N–H and O–H groups in total. The molecule has 1 heteroatoms. The van der Waals surface area contributed by atoms with Gasteiger partial charge in [-0.3, -0.25) is 0 Å². The predicted octanol–water partition coefficient (Wildman–Crippen LogP) is 1.95. The van der Waals surface area contributed by atoms with Gasteiger partial charge in [0.1, 0.15) is 6.54 Å². The third kappa shape index (κ3) is 1.67. The zero-order valence-electron chi connectivity index (χ0n) is 7.17. The standard InChI is InChI=1S/C10H14N/c1-4-10-6-7-11(5-2)9(3)8-10/h4,6-8H,1,5H2,2-3H3/q+1. The summed E-state index contributed by atoms with van der Waals surface area (Å²) in [5.41, 5.74) is 2.47. The van der Waals surface area contributed by atoms with Crippen LogP contribution in [-0.2, 0) is 6.54 Å². The summed E-state index contributed by atoms with van der Waals surface area (Å²) in [5.74, 6) is 0. The molecular weight excluding hydrogens is 134 g/mol.